The molecule has 0 bridgehead atoms. The zero-order valence-corrected chi connectivity index (χ0v) is 11.3. The van der Waals surface area contributed by atoms with E-state index in [-0.39, 0.29) is 44.8 Å². The van der Waals surface area contributed by atoms with E-state index in [2.05, 4.69) is 0 Å². The summed E-state index contributed by atoms with van der Waals surface area (Å²) in [7, 11) is -13.7. The summed E-state index contributed by atoms with van der Waals surface area (Å²) in [5.74, 6) is 0. The fourth-order valence-electron chi connectivity index (χ4n) is 0.195. The molecule has 0 spiro atoms. The van der Waals surface area contributed by atoms with Gasteiger partial charge in [0.05, 0.1) is 0 Å². The molecule has 0 aromatic heterocycles. The zero-order chi connectivity index (χ0) is 12.7. The first kappa shape index (κ1) is 23.0. The van der Waals surface area contributed by atoms with Gasteiger partial charge < -0.3 is 0 Å². The van der Waals surface area contributed by atoms with Gasteiger partial charge in [-0.05, 0) is 0 Å². The van der Waals surface area contributed by atoms with Crippen molar-refractivity contribution in [2.24, 2.45) is 0 Å². The number of hydrogen-bond acceptors (Lipinski definition) is 5. The van der Waals surface area contributed by atoms with Gasteiger partial charge in [-0.1, -0.05) is 0 Å². The van der Waals surface area contributed by atoms with Crippen molar-refractivity contribution in [2.75, 3.05) is 0 Å². The van der Waals surface area contributed by atoms with E-state index < -0.39 is 31.3 Å². The number of hydrogen-bond donors (Lipinski definition) is 0. The maximum atomic E-state index is 11.4. The van der Waals surface area contributed by atoms with Gasteiger partial charge in [-0.3, -0.25) is 0 Å². The first-order valence-corrected chi connectivity index (χ1v) is 5.36. The van der Waals surface area contributed by atoms with Crippen LogP contribution in [0.1, 0.15) is 0 Å². The average Bonchev–Trinajstić information content (AvgIpc) is 1.77. The molecule has 0 aliphatic heterocycles. The molecule has 0 rings (SSSR count). The molecule has 0 aliphatic rings. The molecule has 0 atom stereocenters. The van der Waals surface area contributed by atoms with Gasteiger partial charge in [0, 0.05) is 44.8 Å². The average molecular weight is 498 g/mol. The Labute approximate surface area is 122 Å². The van der Waals surface area contributed by atoms with Gasteiger partial charge in [0.15, 0.2) is 0 Å². The van der Waals surface area contributed by atoms with Crippen molar-refractivity contribution >= 4 is 20.2 Å². The van der Waals surface area contributed by atoms with Crippen LogP contribution in [0.2, 0.25) is 0 Å². The largest absolute Gasteiger partial charge is 0.524 e. The van der Waals surface area contributed by atoms with Crippen molar-refractivity contribution in [3.8, 4) is 0 Å². The Bertz CT molecular complexity index is 390. The van der Waals surface area contributed by atoms with Gasteiger partial charge in [-0.25, -0.2) is 0 Å². The molecule has 17 heavy (non-hydrogen) atoms. The summed E-state index contributed by atoms with van der Waals surface area (Å²) in [6.45, 7) is 0. The molecule has 0 heterocycles. The van der Waals surface area contributed by atoms with Crippen LogP contribution in [0.15, 0.2) is 0 Å². The predicted octanol–water partition coefficient (Wildman–Crippen LogP) is 0.697. The maximum absolute atomic E-state index is 11.4. The molecular formula is C2Ag2F6O5S2. The first-order valence-electron chi connectivity index (χ1n) is 2.54. The molecule has 0 fully saturated rings. The van der Waals surface area contributed by atoms with Crippen LogP contribution in [0.25, 0.3) is 0 Å². The normalized spacial score (nSPS) is 13.5. The third kappa shape index (κ3) is 6.07. The molecule has 0 N–H and O–H groups in total. The van der Waals surface area contributed by atoms with E-state index in [1.807, 2.05) is 3.63 Å². The molecule has 0 saturated heterocycles. The van der Waals surface area contributed by atoms with Crippen molar-refractivity contribution in [2.45, 2.75) is 11.0 Å². The van der Waals surface area contributed by atoms with Crippen molar-refractivity contribution in [1.29, 1.82) is 0 Å². The molecule has 0 unspecified atom stereocenters. The van der Waals surface area contributed by atoms with Gasteiger partial charge >= 0.3 is 31.3 Å². The third-order valence-electron chi connectivity index (χ3n) is 0.746. The Morgan fingerprint density at radius 2 is 0.824 bits per heavy atom. The van der Waals surface area contributed by atoms with E-state index >= 15 is 0 Å². The summed E-state index contributed by atoms with van der Waals surface area (Å²) < 4.78 is 110. The Balaban J connectivity index is -0.000000980. The smallest absolute Gasteiger partial charge is 0.188 e. The van der Waals surface area contributed by atoms with Gasteiger partial charge in [-0.15, -0.1) is 3.63 Å². The first-order chi connectivity index (χ1) is 6.21. The zero-order valence-electron chi connectivity index (χ0n) is 6.73. The van der Waals surface area contributed by atoms with E-state index in [4.69, 9.17) is 0 Å². The molecule has 5 nitrogen and oxygen atoms in total. The number of alkyl halides is 6. The topological polar surface area (TPSA) is 77.5 Å². The minimum atomic E-state index is -6.85. The summed E-state index contributed by atoms with van der Waals surface area (Å²) in [5, 5.41) is 0. The molecular weight excluding hydrogens is 498 g/mol. The monoisotopic (exact) mass is 496 g/mol. The Morgan fingerprint density at radius 3 is 0.941 bits per heavy atom. The maximum Gasteiger partial charge on any atom is 0.524 e. The van der Waals surface area contributed by atoms with Gasteiger partial charge in [-0.2, -0.15) is 43.2 Å². The second kappa shape index (κ2) is 6.38. The van der Waals surface area contributed by atoms with Gasteiger partial charge in [0.1, 0.15) is 0 Å². The van der Waals surface area contributed by atoms with Gasteiger partial charge in [0.25, 0.3) is 0 Å². The van der Waals surface area contributed by atoms with Gasteiger partial charge in [0.2, 0.25) is 0 Å². The van der Waals surface area contributed by atoms with Crippen LogP contribution in [-0.2, 0) is 68.6 Å². The van der Waals surface area contributed by atoms with E-state index in [1.54, 1.807) is 0 Å². The van der Waals surface area contributed by atoms with E-state index in [0.29, 0.717) is 0 Å². The van der Waals surface area contributed by atoms with Crippen LogP contribution >= 0.6 is 0 Å². The molecule has 114 valence electrons. The van der Waals surface area contributed by atoms with Crippen molar-refractivity contribution in [1.82, 2.24) is 0 Å². The van der Waals surface area contributed by atoms with E-state index in [0.717, 1.165) is 0 Å². The van der Waals surface area contributed by atoms with Crippen LogP contribution in [0.4, 0.5) is 26.3 Å². The molecule has 0 aromatic rings. The van der Waals surface area contributed by atoms with Crippen molar-refractivity contribution in [3.63, 3.8) is 0 Å². The Hall–Kier alpha value is 0.921. The van der Waals surface area contributed by atoms with Crippen LogP contribution < -0.4 is 0 Å². The fourth-order valence-corrected chi connectivity index (χ4v) is 1.76. The van der Waals surface area contributed by atoms with Crippen molar-refractivity contribution in [3.05, 3.63) is 0 Å². The minimum Gasteiger partial charge on any atom is -0.188 e. The summed E-state index contributed by atoms with van der Waals surface area (Å²) in [5.41, 5.74) is -12.5. The van der Waals surface area contributed by atoms with Crippen molar-refractivity contribution < 1.29 is 91.6 Å². The number of rotatable bonds is 2. The molecule has 0 amide bonds. The Kier molecular flexibility index (Phi) is 8.65. The predicted molar refractivity (Wildman–Crippen MR) is 31.0 cm³/mol. The number of halogens is 6. The Morgan fingerprint density at radius 1 is 0.647 bits per heavy atom. The molecule has 15 heteroatoms. The van der Waals surface area contributed by atoms with Crippen LogP contribution in [-0.4, -0.2) is 27.9 Å². The van der Waals surface area contributed by atoms with E-state index in [9.17, 15) is 43.2 Å². The second-order valence-corrected chi connectivity index (χ2v) is 5.15. The summed E-state index contributed by atoms with van der Waals surface area (Å²) in [6, 6.07) is 0. The molecule has 2 radical (unpaired) electrons. The fraction of sp³-hybridized carbons (Fsp3) is 1.00. The van der Waals surface area contributed by atoms with E-state index in [1.165, 1.54) is 0 Å². The summed E-state index contributed by atoms with van der Waals surface area (Å²) >= 11 is 0. The summed E-state index contributed by atoms with van der Waals surface area (Å²) in [6.07, 6.45) is 0. The van der Waals surface area contributed by atoms with Crippen LogP contribution in [0.3, 0.4) is 0 Å². The minimum absolute atomic E-state index is 0. The summed E-state index contributed by atoms with van der Waals surface area (Å²) in [4.78, 5) is 0. The quantitative estimate of drug-likeness (QED) is 0.319. The molecule has 0 aliphatic carbocycles. The molecule has 0 aromatic carbocycles. The van der Waals surface area contributed by atoms with Crippen LogP contribution in [0, 0.1) is 0 Å². The second-order valence-electron chi connectivity index (χ2n) is 1.87. The van der Waals surface area contributed by atoms with Crippen LogP contribution in [0.5, 0.6) is 0 Å². The molecule has 0 saturated carbocycles. The standard InChI is InChI=1S/C2F6O5S2.2Ag/c3-1(4,5)14(9,10)13-15(11,12)2(6,7)8;;. The third-order valence-corrected chi connectivity index (χ3v) is 3.31. The SMILES string of the molecule is O=S(=O)(OS(=O)(=O)C(F)(F)F)C(F)(F)F.[Ag].[Ag].